The third-order valence-electron chi connectivity index (χ3n) is 6.69. The number of thiophene rings is 1. The number of methoxy groups -OCH3 is 1. The fraction of sp³-hybridized carbons (Fsp3) is 0.357. The lowest BCUT2D eigenvalue weighted by atomic mass is 10.1. The molecule has 12 heteroatoms. The summed E-state index contributed by atoms with van der Waals surface area (Å²) < 4.78 is 26.4. The molecule has 4 aromatic rings. The number of rotatable bonds is 8. The van der Waals surface area contributed by atoms with Gasteiger partial charge in [-0.05, 0) is 45.5 Å². The number of amides is 1. The monoisotopic (exact) mass is 565 g/mol. The van der Waals surface area contributed by atoms with Gasteiger partial charge >= 0.3 is 0 Å². The molecule has 3 aromatic heterocycles. The highest BCUT2D eigenvalue weighted by atomic mass is 32.1. The molecule has 4 heterocycles. The number of primary amides is 1. The Balaban J connectivity index is 1.58. The van der Waals surface area contributed by atoms with Crippen molar-refractivity contribution < 1.29 is 18.7 Å². The second kappa shape index (κ2) is 11.2. The number of pyridine rings is 1. The van der Waals surface area contributed by atoms with Gasteiger partial charge < -0.3 is 30.3 Å². The normalized spacial score (nSPS) is 14.1. The van der Waals surface area contributed by atoms with Crippen LogP contribution in [-0.4, -0.2) is 72.2 Å². The Bertz CT molecular complexity index is 1570. The van der Waals surface area contributed by atoms with Crippen LogP contribution < -0.4 is 25.4 Å². The number of halogens is 1. The molecule has 1 amide bonds. The molecule has 5 rings (SSSR count). The Morgan fingerprint density at radius 1 is 1.15 bits per heavy atom. The Morgan fingerprint density at radius 3 is 2.58 bits per heavy atom. The third-order valence-corrected chi connectivity index (χ3v) is 7.81. The second-order valence-electron chi connectivity index (χ2n) is 10.0. The number of nitrogens with zero attached hydrogens (tertiary/aromatic N) is 5. The van der Waals surface area contributed by atoms with Crippen molar-refractivity contribution in [2.45, 2.75) is 26.9 Å². The van der Waals surface area contributed by atoms with Crippen molar-refractivity contribution >= 4 is 44.8 Å². The topological polar surface area (TPSA) is 119 Å². The van der Waals surface area contributed by atoms with Crippen LogP contribution in [0.4, 0.5) is 21.7 Å². The van der Waals surface area contributed by atoms with E-state index < -0.39 is 11.7 Å². The molecule has 0 spiro atoms. The van der Waals surface area contributed by atoms with Crippen molar-refractivity contribution in [2.75, 3.05) is 50.6 Å². The Kier molecular flexibility index (Phi) is 7.72. The predicted octanol–water partition coefficient (Wildman–Crippen LogP) is 4.59. The van der Waals surface area contributed by atoms with Crippen LogP contribution in [0.5, 0.6) is 11.6 Å². The summed E-state index contributed by atoms with van der Waals surface area (Å²) in [6, 6.07) is 5.35. The number of carbonyl (C=O) groups is 1. The smallest absolute Gasteiger partial charge is 0.259 e. The number of hydrogen-bond acceptors (Lipinski definition) is 10. The summed E-state index contributed by atoms with van der Waals surface area (Å²) in [5, 5.41) is 3.30. The van der Waals surface area contributed by atoms with Gasteiger partial charge in [0.2, 0.25) is 11.8 Å². The van der Waals surface area contributed by atoms with Crippen molar-refractivity contribution in [1.29, 1.82) is 0 Å². The van der Waals surface area contributed by atoms with Gasteiger partial charge in [0, 0.05) is 43.5 Å². The molecule has 210 valence electrons. The second-order valence-corrected chi connectivity index (χ2v) is 11.1. The predicted molar refractivity (Wildman–Crippen MR) is 156 cm³/mol. The molecular weight excluding hydrogens is 533 g/mol. The number of anilines is 3. The van der Waals surface area contributed by atoms with Gasteiger partial charge in [-0.1, -0.05) is 0 Å². The van der Waals surface area contributed by atoms with Gasteiger partial charge in [-0.3, -0.25) is 4.79 Å². The molecule has 0 atom stereocenters. The lowest BCUT2D eigenvalue weighted by Gasteiger charge is -2.35. The number of benzene rings is 1. The first-order chi connectivity index (χ1) is 19.1. The van der Waals surface area contributed by atoms with Crippen LogP contribution in [0.3, 0.4) is 0 Å². The van der Waals surface area contributed by atoms with Gasteiger partial charge in [-0.2, -0.15) is 0 Å². The number of aryl methyl sites for hydroxylation is 1. The number of hydrogen-bond donors (Lipinski definition) is 2. The summed E-state index contributed by atoms with van der Waals surface area (Å²) in [6.07, 6.45) is 2.60. The van der Waals surface area contributed by atoms with E-state index in [9.17, 15) is 9.18 Å². The van der Waals surface area contributed by atoms with Crippen molar-refractivity contribution in [3.63, 3.8) is 0 Å². The van der Waals surface area contributed by atoms with Crippen LogP contribution in [0.1, 0.15) is 29.1 Å². The summed E-state index contributed by atoms with van der Waals surface area (Å²) in [6.45, 7) is 9.89. The van der Waals surface area contributed by atoms with Crippen LogP contribution in [0, 0.1) is 12.7 Å². The molecule has 10 nitrogen and oxygen atoms in total. The zero-order chi connectivity index (χ0) is 28.6. The number of piperazine rings is 1. The summed E-state index contributed by atoms with van der Waals surface area (Å²) in [7, 11) is 3.56. The minimum absolute atomic E-state index is 0.0541. The van der Waals surface area contributed by atoms with E-state index in [1.807, 2.05) is 19.9 Å². The highest BCUT2D eigenvalue weighted by Crippen LogP contribution is 2.42. The minimum atomic E-state index is -0.665. The van der Waals surface area contributed by atoms with E-state index in [-0.39, 0.29) is 28.4 Å². The van der Waals surface area contributed by atoms with E-state index in [2.05, 4.69) is 45.1 Å². The number of ether oxygens (including phenoxy) is 2. The van der Waals surface area contributed by atoms with Gasteiger partial charge in [-0.15, -0.1) is 11.3 Å². The van der Waals surface area contributed by atoms with E-state index in [1.54, 1.807) is 6.20 Å². The van der Waals surface area contributed by atoms with Gasteiger partial charge in [0.15, 0.2) is 0 Å². The van der Waals surface area contributed by atoms with E-state index in [0.717, 1.165) is 55.0 Å². The van der Waals surface area contributed by atoms with E-state index in [4.69, 9.17) is 20.2 Å². The van der Waals surface area contributed by atoms with Crippen molar-refractivity contribution in [1.82, 2.24) is 19.9 Å². The largest absolute Gasteiger partial charge is 0.489 e. The fourth-order valence-electron chi connectivity index (χ4n) is 4.78. The highest BCUT2D eigenvalue weighted by Gasteiger charge is 2.25. The molecule has 0 radical (unpaired) electrons. The average molecular weight is 566 g/mol. The zero-order valence-electron chi connectivity index (χ0n) is 23.1. The SMILES string of the molecule is COc1ncc(F)cc1-c1c(C(N)=O)sc2cnc(Nc3cc(C)c(N4CCN(C)CC4)cc3OC(C)C)nc12. The van der Waals surface area contributed by atoms with E-state index in [0.29, 0.717) is 27.2 Å². The first-order valence-electron chi connectivity index (χ1n) is 13.0. The molecular formula is C28H32FN7O3S. The summed E-state index contributed by atoms with van der Waals surface area (Å²) >= 11 is 1.13. The first kappa shape index (κ1) is 27.5. The van der Waals surface area contributed by atoms with Gasteiger partial charge in [0.1, 0.15) is 16.4 Å². The number of likely N-dealkylation sites (N-methyl/N-ethyl adjacent to an activating group) is 1. The minimum Gasteiger partial charge on any atom is -0.489 e. The molecule has 0 bridgehead atoms. The lowest BCUT2D eigenvalue weighted by Crippen LogP contribution is -2.44. The maximum atomic E-state index is 14.3. The highest BCUT2D eigenvalue weighted by molar-refractivity contribution is 7.21. The summed E-state index contributed by atoms with van der Waals surface area (Å²) in [5.74, 6) is -0.130. The van der Waals surface area contributed by atoms with E-state index in [1.165, 1.54) is 13.2 Å². The Morgan fingerprint density at radius 2 is 1.90 bits per heavy atom. The first-order valence-corrected chi connectivity index (χ1v) is 13.8. The maximum absolute atomic E-state index is 14.3. The zero-order valence-corrected chi connectivity index (χ0v) is 23.9. The maximum Gasteiger partial charge on any atom is 0.259 e. The number of nitrogens with two attached hydrogens (primary N) is 1. The molecule has 1 aromatic carbocycles. The third kappa shape index (κ3) is 5.50. The molecule has 1 fully saturated rings. The molecule has 3 N–H and O–H groups in total. The van der Waals surface area contributed by atoms with Crippen LogP contribution >= 0.6 is 11.3 Å². The van der Waals surface area contributed by atoms with Crippen LogP contribution in [0.25, 0.3) is 21.3 Å². The van der Waals surface area contributed by atoms with E-state index >= 15 is 0 Å². The molecule has 0 unspecified atom stereocenters. The van der Waals surface area contributed by atoms with Crippen molar-refractivity contribution in [3.05, 3.63) is 46.9 Å². The number of aromatic nitrogens is 3. The number of nitrogens with one attached hydrogen (secondary N) is 1. The van der Waals surface area contributed by atoms with Gasteiger partial charge in [0.05, 0.1) is 47.1 Å². The average Bonchev–Trinajstić information content (AvgIpc) is 3.29. The molecule has 0 saturated carbocycles. The van der Waals surface area contributed by atoms with Crippen LogP contribution in [0.2, 0.25) is 0 Å². The summed E-state index contributed by atoms with van der Waals surface area (Å²) in [4.78, 5) is 30.5. The number of carbonyl (C=O) groups excluding carboxylic acids is 1. The van der Waals surface area contributed by atoms with Crippen LogP contribution in [-0.2, 0) is 0 Å². The quantitative estimate of drug-likeness (QED) is 0.316. The number of fused-ring (bicyclic) bond motifs is 1. The fourth-order valence-corrected chi connectivity index (χ4v) is 5.76. The summed E-state index contributed by atoms with van der Waals surface area (Å²) in [5.41, 5.74) is 9.69. The standard InChI is InChI=1S/C28H32FN7O3S/c1-15(2)39-21-12-20(36-8-6-35(4)7-9-36)16(3)10-19(21)33-28-32-14-22-24(34-28)23(25(40-22)26(30)37)18-11-17(29)13-31-27(18)38-5/h10-15H,6-9H2,1-5H3,(H2,30,37)(H,32,33,34). The molecule has 40 heavy (non-hydrogen) atoms. The molecule has 0 aliphatic carbocycles. The van der Waals surface area contributed by atoms with Crippen LogP contribution in [0.15, 0.2) is 30.6 Å². The van der Waals surface area contributed by atoms with Gasteiger partial charge in [-0.25, -0.2) is 19.3 Å². The molecule has 1 saturated heterocycles. The van der Waals surface area contributed by atoms with Crippen molar-refractivity contribution in [2.24, 2.45) is 5.73 Å². The molecule has 1 aliphatic heterocycles. The molecule has 1 aliphatic rings. The Labute approximate surface area is 235 Å². The Hall–Kier alpha value is -4.03. The van der Waals surface area contributed by atoms with Crippen molar-refractivity contribution in [3.8, 4) is 22.8 Å². The lowest BCUT2D eigenvalue weighted by molar-refractivity contribution is 0.100. The van der Waals surface area contributed by atoms with Gasteiger partial charge in [0.25, 0.3) is 5.91 Å².